The van der Waals surface area contributed by atoms with Crippen molar-refractivity contribution in [2.24, 2.45) is 0 Å². The molecule has 6 heteroatoms. The van der Waals surface area contributed by atoms with Gasteiger partial charge in [0.15, 0.2) is 11.5 Å². The number of piperazine rings is 1. The summed E-state index contributed by atoms with van der Waals surface area (Å²) in [5, 5.41) is 3.64. The van der Waals surface area contributed by atoms with Gasteiger partial charge in [-0.15, -0.1) is 0 Å². The van der Waals surface area contributed by atoms with Crippen molar-refractivity contribution in [2.75, 3.05) is 18.0 Å². The molecule has 2 atom stereocenters. The van der Waals surface area contributed by atoms with E-state index >= 15 is 0 Å². The lowest BCUT2D eigenvalue weighted by atomic mass is 10.1. The Morgan fingerprint density at radius 1 is 0.971 bits per heavy atom. The molecule has 0 radical (unpaired) electrons. The third-order valence-corrected chi connectivity index (χ3v) is 7.37. The zero-order chi connectivity index (χ0) is 24.3. The highest BCUT2D eigenvalue weighted by molar-refractivity contribution is 5.74. The molecule has 1 saturated heterocycles. The van der Waals surface area contributed by atoms with Crippen molar-refractivity contribution < 1.29 is 0 Å². The molecule has 4 aromatic rings. The predicted molar refractivity (Wildman–Crippen MR) is 142 cm³/mol. The van der Waals surface area contributed by atoms with E-state index in [-0.39, 0.29) is 0 Å². The monoisotopic (exact) mass is 462 g/mol. The first-order valence-electron chi connectivity index (χ1n) is 12.3. The normalized spacial score (nSPS) is 18.9. The molecule has 2 aliphatic rings. The van der Waals surface area contributed by atoms with Gasteiger partial charge in [0, 0.05) is 54.9 Å². The van der Waals surface area contributed by atoms with Gasteiger partial charge in [-0.2, -0.15) is 0 Å². The van der Waals surface area contributed by atoms with Crippen molar-refractivity contribution in [2.45, 2.75) is 46.3 Å². The van der Waals surface area contributed by atoms with E-state index in [2.05, 4.69) is 82.4 Å². The van der Waals surface area contributed by atoms with Crippen LogP contribution in [0.4, 0.5) is 11.4 Å². The minimum absolute atomic E-state index is 0.468. The maximum Gasteiger partial charge on any atom is 0.187 e. The zero-order valence-electron chi connectivity index (χ0n) is 20.7. The van der Waals surface area contributed by atoms with Crippen LogP contribution in [0.25, 0.3) is 33.2 Å². The Balaban J connectivity index is 1.47. The fourth-order valence-corrected chi connectivity index (χ4v) is 5.63. The maximum atomic E-state index is 7.24. The number of imidazole rings is 1. The summed E-state index contributed by atoms with van der Waals surface area (Å²) in [5.74, 6) is 0.986. The molecule has 2 aliphatic heterocycles. The molecular formula is C29H30N6. The van der Waals surface area contributed by atoms with Crippen molar-refractivity contribution in [1.29, 1.82) is 0 Å². The summed E-state index contributed by atoms with van der Waals surface area (Å²) in [4.78, 5) is 11.0. The third-order valence-electron chi connectivity index (χ3n) is 7.37. The third kappa shape index (κ3) is 3.64. The Kier molecular flexibility index (Phi) is 5.05. The summed E-state index contributed by atoms with van der Waals surface area (Å²) < 4.78 is 4.65. The van der Waals surface area contributed by atoms with Crippen LogP contribution in [-0.4, -0.2) is 39.3 Å². The highest BCUT2D eigenvalue weighted by Crippen LogP contribution is 2.37. The van der Waals surface area contributed by atoms with Gasteiger partial charge in [-0.25, -0.2) is 9.83 Å². The molecule has 0 spiro atoms. The second kappa shape index (κ2) is 8.14. The van der Waals surface area contributed by atoms with Gasteiger partial charge in [0.25, 0.3) is 0 Å². The fraction of sp³-hybridized carbons (Fsp3) is 0.310. The summed E-state index contributed by atoms with van der Waals surface area (Å²) >= 11 is 0. The Morgan fingerprint density at radius 2 is 1.71 bits per heavy atom. The van der Waals surface area contributed by atoms with Gasteiger partial charge in [-0.05, 0) is 63.1 Å². The van der Waals surface area contributed by atoms with Crippen LogP contribution >= 0.6 is 0 Å². The van der Waals surface area contributed by atoms with Gasteiger partial charge in [-0.3, -0.25) is 4.57 Å². The number of aryl methyl sites for hydroxylation is 1. The van der Waals surface area contributed by atoms with Crippen LogP contribution in [0.2, 0.25) is 0 Å². The molecule has 0 unspecified atom stereocenters. The van der Waals surface area contributed by atoms with E-state index in [9.17, 15) is 0 Å². The number of nitrogens with zero attached hydrogens (tertiary/aromatic N) is 5. The number of aromatic nitrogens is 3. The van der Waals surface area contributed by atoms with Crippen LogP contribution in [-0.2, 0) is 6.54 Å². The minimum atomic E-state index is 0.468. The quantitative estimate of drug-likeness (QED) is 0.341. The molecule has 0 aliphatic carbocycles. The number of nitrogens with one attached hydrogen (secondary N) is 1. The molecular weight excluding hydrogens is 432 g/mol. The second-order valence-corrected chi connectivity index (χ2v) is 10.0. The number of benzene rings is 2. The Morgan fingerprint density at radius 3 is 2.43 bits per heavy atom. The molecule has 6 rings (SSSR count). The van der Waals surface area contributed by atoms with Crippen molar-refractivity contribution in [3.8, 4) is 28.3 Å². The topological polar surface area (TPSA) is 42.4 Å². The predicted octanol–water partition coefficient (Wildman–Crippen LogP) is 5.72. The molecule has 176 valence electrons. The van der Waals surface area contributed by atoms with Crippen molar-refractivity contribution in [3.05, 3.63) is 83.1 Å². The average molecular weight is 463 g/mol. The highest BCUT2D eigenvalue weighted by atomic mass is 15.2. The molecule has 1 N–H and O–H groups in total. The first-order chi connectivity index (χ1) is 16.9. The molecule has 0 bridgehead atoms. The molecule has 2 aromatic heterocycles. The Labute approximate surface area is 206 Å². The van der Waals surface area contributed by atoms with E-state index < -0.39 is 0 Å². The van der Waals surface area contributed by atoms with Gasteiger partial charge in [0.2, 0.25) is 0 Å². The number of hydrogen-bond donors (Lipinski definition) is 1. The lowest BCUT2D eigenvalue weighted by Crippen LogP contribution is -2.54. The minimum Gasteiger partial charge on any atom is -0.368 e. The smallest absolute Gasteiger partial charge is 0.187 e. The lowest BCUT2D eigenvalue weighted by Gasteiger charge is -2.38. The highest BCUT2D eigenvalue weighted by Gasteiger charge is 2.26. The van der Waals surface area contributed by atoms with Crippen LogP contribution in [0.1, 0.15) is 30.8 Å². The van der Waals surface area contributed by atoms with Gasteiger partial charge >= 0.3 is 0 Å². The SMILES string of the molecule is [C-]#[N+]c1ccc(-c2cc3n(c2)Cc2cc(N4C[C@@H](C)N[C@@H](C)C4)ccc2-n2c-3nc(C)c2C)cc1. The first-order valence-corrected chi connectivity index (χ1v) is 12.3. The molecule has 1 fully saturated rings. The van der Waals surface area contributed by atoms with Gasteiger partial charge in [0.05, 0.1) is 23.6 Å². The summed E-state index contributed by atoms with van der Waals surface area (Å²) in [5.41, 5.74) is 10.1. The Bertz CT molecular complexity index is 1460. The van der Waals surface area contributed by atoms with Gasteiger partial charge < -0.3 is 14.8 Å². The van der Waals surface area contributed by atoms with E-state index in [4.69, 9.17) is 11.6 Å². The van der Waals surface area contributed by atoms with Crippen LogP contribution in [0.3, 0.4) is 0 Å². The van der Waals surface area contributed by atoms with E-state index in [1.165, 1.54) is 22.6 Å². The molecule has 4 heterocycles. The standard InChI is InChI=1S/C29H30N6/c1-18-14-33(15-19(2)31-18)26-10-11-27-24(12-26)17-34-16-23(22-6-8-25(30-5)9-7-22)13-28(34)29-32-20(3)21(4)35(27)29/h6-13,16,18-19,31H,14-15,17H2,1-4H3/t18-,19+. The fourth-order valence-electron chi connectivity index (χ4n) is 5.63. The summed E-state index contributed by atoms with van der Waals surface area (Å²) in [6.07, 6.45) is 2.22. The molecule has 6 nitrogen and oxygen atoms in total. The van der Waals surface area contributed by atoms with E-state index in [0.717, 1.165) is 48.0 Å². The van der Waals surface area contributed by atoms with E-state index in [1.54, 1.807) is 0 Å². The zero-order valence-corrected chi connectivity index (χ0v) is 20.7. The van der Waals surface area contributed by atoms with Gasteiger partial charge in [0.1, 0.15) is 0 Å². The number of rotatable bonds is 2. The first kappa shape index (κ1) is 21.7. The van der Waals surface area contributed by atoms with Gasteiger partial charge in [-0.1, -0.05) is 24.3 Å². The van der Waals surface area contributed by atoms with Crippen LogP contribution < -0.4 is 10.2 Å². The summed E-state index contributed by atoms with van der Waals surface area (Å²) in [6.45, 7) is 18.8. The number of fused-ring (bicyclic) bond motifs is 5. The maximum absolute atomic E-state index is 7.24. The van der Waals surface area contributed by atoms with Crippen molar-refractivity contribution in [3.63, 3.8) is 0 Å². The lowest BCUT2D eigenvalue weighted by molar-refractivity contribution is 0.407. The molecule has 2 aromatic carbocycles. The van der Waals surface area contributed by atoms with Crippen molar-refractivity contribution >= 4 is 11.4 Å². The summed E-state index contributed by atoms with van der Waals surface area (Å²) in [7, 11) is 0. The van der Waals surface area contributed by atoms with Crippen LogP contribution in [0, 0.1) is 20.4 Å². The Hall–Kier alpha value is -3.82. The average Bonchev–Trinajstić information content (AvgIpc) is 3.35. The summed E-state index contributed by atoms with van der Waals surface area (Å²) in [6, 6.07) is 17.9. The molecule has 0 amide bonds. The number of anilines is 1. The largest absolute Gasteiger partial charge is 0.368 e. The van der Waals surface area contributed by atoms with Crippen LogP contribution in [0.5, 0.6) is 0 Å². The van der Waals surface area contributed by atoms with Crippen molar-refractivity contribution in [1.82, 2.24) is 19.4 Å². The second-order valence-electron chi connectivity index (χ2n) is 10.0. The molecule has 35 heavy (non-hydrogen) atoms. The van der Waals surface area contributed by atoms with E-state index in [0.29, 0.717) is 17.8 Å². The van der Waals surface area contributed by atoms with E-state index in [1.807, 2.05) is 24.3 Å². The molecule has 0 saturated carbocycles. The number of hydrogen-bond acceptors (Lipinski definition) is 3. The van der Waals surface area contributed by atoms with Crippen LogP contribution in [0.15, 0.2) is 54.7 Å².